The number of likely N-dealkylation sites (tertiary alicyclic amines) is 1. The number of amides is 1. The van der Waals surface area contributed by atoms with E-state index in [-0.39, 0.29) is 51.9 Å². The molecule has 1 aromatic rings. The van der Waals surface area contributed by atoms with Crippen LogP contribution < -0.4 is 5.32 Å². The van der Waals surface area contributed by atoms with Gasteiger partial charge in [-0.25, -0.2) is 18.0 Å². The number of carbonyl (C=O) groups excluding carboxylic acids is 1. The zero-order valence-corrected chi connectivity index (χ0v) is 32.4. The maximum atomic E-state index is 15.5. The second-order valence-corrected chi connectivity index (χ2v) is 19.3. The Kier molecular flexibility index (Phi) is 9.23. The quantitative estimate of drug-likeness (QED) is 0.275. The molecule has 9 atom stereocenters. The van der Waals surface area contributed by atoms with Crippen LogP contribution in [0.3, 0.4) is 0 Å². The maximum absolute atomic E-state index is 15.5. The highest BCUT2D eigenvalue weighted by Gasteiger charge is 2.71. The predicted octanol–water partition coefficient (Wildman–Crippen LogP) is 10.0. The number of nitrogens with one attached hydrogen (secondary N) is 1. The van der Waals surface area contributed by atoms with Crippen LogP contribution in [-0.4, -0.2) is 54.0 Å². The van der Waals surface area contributed by atoms with Gasteiger partial charge in [-0.05, 0) is 134 Å². The molecule has 7 rings (SSSR count). The number of allylic oxidation sites excluding steroid dienone is 3. The first-order valence-electron chi connectivity index (χ1n) is 20.1. The lowest BCUT2D eigenvalue weighted by molar-refractivity contribution is -0.225. The van der Waals surface area contributed by atoms with Gasteiger partial charge in [0.1, 0.15) is 5.82 Å². The number of fused-ring (bicyclic) bond motifs is 7. The number of hydrogen-bond donors (Lipinski definition) is 2. The molecule has 9 unspecified atom stereocenters. The number of halogens is 3. The summed E-state index contributed by atoms with van der Waals surface area (Å²) in [7, 11) is 0. The van der Waals surface area contributed by atoms with Crippen molar-refractivity contribution in [2.24, 2.45) is 56.7 Å². The number of benzene rings is 1. The third-order valence-corrected chi connectivity index (χ3v) is 16.9. The maximum Gasteiger partial charge on any atom is 0.335 e. The van der Waals surface area contributed by atoms with Crippen molar-refractivity contribution in [3.05, 3.63) is 53.4 Å². The monoisotopic (exact) mass is 722 g/mol. The number of piperidine rings is 1. The molecule has 52 heavy (non-hydrogen) atoms. The summed E-state index contributed by atoms with van der Waals surface area (Å²) in [6.45, 7) is 20.7. The van der Waals surface area contributed by atoms with Crippen LogP contribution >= 0.6 is 0 Å². The Morgan fingerprint density at radius 3 is 2.29 bits per heavy atom. The van der Waals surface area contributed by atoms with E-state index in [9.17, 15) is 23.5 Å². The van der Waals surface area contributed by atoms with Crippen molar-refractivity contribution in [1.29, 1.82) is 0 Å². The number of aromatic carboxylic acids is 1. The van der Waals surface area contributed by atoms with Gasteiger partial charge in [-0.3, -0.25) is 4.79 Å². The van der Waals surface area contributed by atoms with E-state index >= 15 is 4.39 Å². The lowest BCUT2D eigenvalue weighted by atomic mass is 9.32. The summed E-state index contributed by atoms with van der Waals surface area (Å²) in [5.74, 6) is -2.19. The SMILES string of the molecule is C=C(C)C1CCC2(C(=O)NCCN3CCC(F)(F)CC3)CCC3(C)C(CCC4C5(C)CC=C(c6ccc(C(=O)O)cc6F)C(C)(C)C5CCC43C)C12. The molecule has 1 aromatic carbocycles. The largest absolute Gasteiger partial charge is 0.478 e. The summed E-state index contributed by atoms with van der Waals surface area (Å²) in [5.41, 5.74) is 2.13. The molecule has 286 valence electrons. The van der Waals surface area contributed by atoms with Gasteiger partial charge in [-0.15, -0.1) is 0 Å². The Labute approximate surface area is 309 Å². The molecule has 0 radical (unpaired) electrons. The first-order chi connectivity index (χ1) is 24.3. The van der Waals surface area contributed by atoms with Crippen molar-refractivity contribution >= 4 is 17.4 Å². The molecule has 1 heterocycles. The normalized spacial score (nSPS) is 40.7. The van der Waals surface area contributed by atoms with E-state index in [1.807, 2.05) is 0 Å². The fraction of sp³-hybridized carbons (Fsp3) is 0.727. The standard InChI is InChI=1S/C44H61F3N2O3/c1-27(2)29-12-17-43(38(52)48-22-25-49-23-20-44(46,47)21-24-49)19-18-41(6)32(36(29)43)10-11-35-40(5)15-13-31(30-9-8-28(37(50)51)26-33(30)45)39(3,4)34(40)14-16-42(35,41)7/h8-9,13,26,29,32,34-36H,1,10-12,14-25H2,2-7H3,(H,48,52)(H,50,51). The first kappa shape index (κ1) is 37.7. The van der Waals surface area contributed by atoms with E-state index in [1.165, 1.54) is 11.6 Å². The zero-order valence-electron chi connectivity index (χ0n) is 32.4. The van der Waals surface area contributed by atoms with Crippen molar-refractivity contribution < 1.29 is 27.9 Å². The van der Waals surface area contributed by atoms with E-state index < -0.39 is 23.1 Å². The lowest BCUT2D eigenvalue weighted by Crippen LogP contribution is -2.66. The lowest BCUT2D eigenvalue weighted by Gasteiger charge is -2.72. The van der Waals surface area contributed by atoms with Gasteiger partial charge in [0.2, 0.25) is 5.91 Å². The van der Waals surface area contributed by atoms with Gasteiger partial charge in [0.05, 0.1) is 11.0 Å². The molecule has 5 aliphatic carbocycles. The van der Waals surface area contributed by atoms with E-state index in [4.69, 9.17) is 0 Å². The predicted molar refractivity (Wildman–Crippen MR) is 199 cm³/mol. The van der Waals surface area contributed by atoms with Gasteiger partial charge in [-0.2, -0.15) is 0 Å². The van der Waals surface area contributed by atoms with Gasteiger partial charge in [0, 0.05) is 44.6 Å². The van der Waals surface area contributed by atoms with Crippen LogP contribution in [0.2, 0.25) is 0 Å². The van der Waals surface area contributed by atoms with Crippen molar-refractivity contribution in [1.82, 2.24) is 10.2 Å². The molecule has 0 spiro atoms. The minimum Gasteiger partial charge on any atom is -0.478 e. The van der Waals surface area contributed by atoms with E-state index in [2.05, 4.69) is 64.4 Å². The number of hydrogen-bond acceptors (Lipinski definition) is 3. The highest BCUT2D eigenvalue weighted by Crippen LogP contribution is 2.77. The highest BCUT2D eigenvalue weighted by atomic mass is 19.3. The van der Waals surface area contributed by atoms with Crippen LogP contribution in [0.15, 0.2) is 36.4 Å². The van der Waals surface area contributed by atoms with Gasteiger partial charge >= 0.3 is 5.97 Å². The summed E-state index contributed by atoms with van der Waals surface area (Å²) in [6.07, 6.45) is 11.0. The second kappa shape index (κ2) is 12.7. The molecule has 1 aliphatic heterocycles. The van der Waals surface area contributed by atoms with Gasteiger partial charge in [-0.1, -0.05) is 58.9 Å². The Morgan fingerprint density at radius 1 is 0.923 bits per heavy atom. The summed E-state index contributed by atoms with van der Waals surface area (Å²) in [6, 6.07) is 4.34. The Hall–Kier alpha value is -2.61. The minimum absolute atomic E-state index is 0.0270. The van der Waals surface area contributed by atoms with Crippen LogP contribution in [0, 0.1) is 62.5 Å². The van der Waals surface area contributed by atoms with Gasteiger partial charge in [0.25, 0.3) is 5.92 Å². The zero-order chi connectivity index (χ0) is 37.6. The molecule has 2 N–H and O–H groups in total. The van der Waals surface area contributed by atoms with Crippen LogP contribution in [-0.2, 0) is 4.79 Å². The molecular formula is C44H61F3N2O3. The topological polar surface area (TPSA) is 69.6 Å². The van der Waals surface area contributed by atoms with E-state index in [0.29, 0.717) is 55.4 Å². The van der Waals surface area contributed by atoms with Crippen LogP contribution in [0.5, 0.6) is 0 Å². The molecule has 8 heteroatoms. The molecule has 1 saturated heterocycles. The van der Waals surface area contributed by atoms with Crippen LogP contribution in [0.4, 0.5) is 13.2 Å². The third-order valence-electron chi connectivity index (χ3n) is 16.9. The van der Waals surface area contributed by atoms with Gasteiger partial charge < -0.3 is 15.3 Å². The van der Waals surface area contributed by atoms with Crippen molar-refractivity contribution in [2.45, 2.75) is 118 Å². The van der Waals surface area contributed by atoms with Gasteiger partial charge in [0.15, 0.2) is 0 Å². The smallest absolute Gasteiger partial charge is 0.335 e. The average molecular weight is 723 g/mol. The molecule has 1 amide bonds. The van der Waals surface area contributed by atoms with E-state index in [1.54, 1.807) is 6.07 Å². The molecule has 5 nitrogen and oxygen atoms in total. The Balaban J connectivity index is 1.15. The van der Waals surface area contributed by atoms with Crippen molar-refractivity contribution in [3.63, 3.8) is 0 Å². The Bertz CT molecular complexity index is 1660. The fourth-order valence-electron chi connectivity index (χ4n) is 14.1. The summed E-state index contributed by atoms with van der Waals surface area (Å²) < 4.78 is 43.0. The second-order valence-electron chi connectivity index (χ2n) is 19.3. The number of carboxylic acids is 1. The Morgan fingerprint density at radius 2 is 1.63 bits per heavy atom. The van der Waals surface area contributed by atoms with Crippen molar-refractivity contribution in [3.8, 4) is 0 Å². The summed E-state index contributed by atoms with van der Waals surface area (Å²) in [4.78, 5) is 28.0. The molecule has 0 bridgehead atoms. The fourth-order valence-corrected chi connectivity index (χ4v) is 14.1. The van der Waals surface area contributed by atoms with Crippen molar-refractivity contribution in [2.75, 3.05) is 26.2 Å². The number of rotatable bonds is 7. The summed E-state index contributed by atoms with van der Waals surface area (Å²) >= 11 is 0. The summed E-state index contributed by atoms with van der Waals surface area (Å²) in [5, 5.41) is 12.8. The molecule has 0 aromatic heterocycles. The molecular weight excluding hydrogens is 661 g/mol. The third kappa shape index (κ3) is 5.56. The molecule has 5 fully saturated rings. The highest BCUT2D eigenvalue weighted by molar-refractivity contribution is 5.88. The average Bonchev–Trinajstić information content (AvgIpc) is 3.47. The van der Waals surface area contributed by atoms with E-state index in [0.717, 1.165) is 69.4 Å². The van der Waals surface area contributed by atoms with Crippen LogP contribution in [0.25, 0.3) is 5.57 Å². The first-order valence-corrected chi connectivity index (χ1v) is 20.1. The number of nitrogens with zero attached hydrogens (tertiary/aromatic N) is 1. The number of carbonyl (C=O) groups is 2. The molecule has 6 aliphatic rings. The van der Waals surface area contributed by atoms with Crippen LogP contribution in [0.1, 0.15) is 128 Å². The molecule has 4 saturated carbocycles. The number of alkyl halides is 2. The number of carboxylic acid groups (broad SMARTS) is 1. The minimum atomic E-state index is -2.57.